The van der Waals surface area contributed by atoms with E-state index in [2.05, 4.69) is 15.3 Å². The lowest BCUT2D eigenvalue weighted by Gasteiger charge is -2.11. The molecule has 0 bridgehead atoms. The molecule has 3 rings (SSSR count). The Hall–Kier alpha value is -3.09. The van der Waals surface area contributed by atoms with Gasteiger partial charge in [-0.2, -0.15) is 4.98 Å². The van der Waals surface area contributed by atoms with E-state index < -0.39 is 12.2 Å². The zero-order chi connectivity index (χ0) is 18.7. The molecule has 0 aliphatic heterocycles. The molecule has 1 aromatic heterocycles. The number of ether oxygens (including phenoxy) is 1. The van der Waals surface area contributed by atoms with Gasteiger partial charge in [0, 0.05) is 11.6 Å². The number of alkyl halides is 2. The van der Waals surface area contributed by atoms with Gasteiger partial charge in [-0.15, -0.1) is 0 Å². The second-order valence-corrected chi connectivity index (χ2v) is 5.98. The quantitative estimate of drug-likeness (QED) is 0.701. The number of aromatic nitrogens is 2. The first kappa shape index (κ1) is 17.7. The molecule has 0 atom stereocenters. The molecule has 0 saturated carbocycles. The molecule has 0 unspecified atom stereocenters. The van der Waals surface area contributed by atoms with Crippen LogP contribution < -0.4 is 10.1 Å². The minimum Gasteiger partial charge on any atom is -0.438 e. The van der Waals surface area contributed by atoms with Gasteiger partial charge in [0.1, 0.15) is 5.75 Å². The second-order valence-electron chi connectivity index (χ2n) is 5.98. The fourth-order valence-electron chi connectivity index (χ4n) is 2.24. The summed E-state index contributed by atoms with van der Waals surface area (Å²) in [4.78, 5) is 19.4. The Kier molecular flexibility index (Phi) is 5.06. The molecule has 0 fully saturated rings. The van der Waals surface area contributed by atoms with Crippen molar-refractivity contribution in [3.05, 3.63) is 54.4 Å². The minimum atomic E-state index is -2.80. The van der Waals surface area contributed by atoms with Crippen LogP contribution in [0.5, 0.6) is 11.6 Å². The van der Waals surface area contributed by atoms with E-state index in [1.165, 1.54) is 0 Å². The van der Waals surface area contributed by atoms with Gasteiger partial charge in [0.25, 0.3) is 6.43 Å². The van der Waals surface area contributed by atoms with E-state index in [0.29, 0.717) is 22.3 Å². The van der Waals surface area contributed by atoms with Crippen molar-refractivity contribution >= 4 is 22.5 Å². The lowest BCUT2D eigenvalue weighted by molar-refractivity contribution is -0.118. The van der Waals surface area contributed by atoms with Crippen LogP contribution in [0.1, 0.15) is 26.1 Å². The number of carbonyl (C=O) groups is 1. The van der Waals surface area contributed by atoms with E-state index in [-0.39, 0.29) is 17.7 Å². The zero-order valence-electron chi connectivity index (χ0n) is 14.2. The molecule has 7 heteroatoms. The predicted molar refractivity (Wildman–Crippen MR) is 94.5 cm³/mol. The average Bonchev–Trinajstić information content (AvgIpc) is 2.63. The molecule has 0 radical (unpaired) electrons. The summed E-state index contributed by atoms with van der Waals surface area (Å²) < 4.78 is 31.8. The highest BCUT2D eigenvalue weighted by Gasteiger charge is 2.16. The Morgan fingerprint density at radius 1 is 1.04 bits per heavy atom. The van der Waals surface area contributed by atoms with Crippen LogP contribution >= 0.6 is 0 Å². The summed E-state index contributed by atoms with van der Waals surface area (Å²) in [5, 5.41) is 3.30. The number of benzene rings is 2. The maximum absolute atomic E-state index is 13.0. The molecule has 3 aromatic rings. The third kappa shape index (κ3) is 3.93. The topological polar surface area (TPSA) is 64.1 Å². The minimum absolute atomic E-state index is 0.0601. The number of para-hydroxylation sites is 1. The zero-order valence-corrected chi connectivity index (χ0v) is 14.2. The number of hydrogen-bond donors (Lipinski definition) is 1. The second kappa shape index (κ2) is 7.43. The number of halogens is 2. The van der Waals surface area contributed by atoms with E-state index in [1.807, 2.05) is 0 Å². The van der Waals surface area contributed by atoms with Gasteiger partial charge in [-0.1, -0.05) is 26.0 Å². The lowest BCUT2D eigenvalue weighted by atomic mass is 10.2. The highest BCUT2D eigenvalue weighted by atomic mass is 19.3. The summed E-state index contributed by atoms with van der Waals surface area (Å²) in [6, 6.07) is 13.4. The van der Waals surface area contributed by atoms with Gasteiger partial charge in [0.05, 0.1) is 10.9 Å². The Bertz CT molecular complexity index is 928. The van der Waals surface area contributed by atoms with Gasteiger partial charge < -0.3 is 10.1 Å². The standard InChI is InChI=1S/C19H17F2N3O2/c1-11(2)18(25)22-12-7-9-13(10-8-12)26-19-14-5-3-4-6-15(14)23-17(24-19)16(20)21/h3-11,16H,1-2H3,(H,22,25). The van der Waals surface area contributed by atoms with Crippen molar-refractivity contribution in [1.29, 1.82) is 0 Å². The number of rotatable bonds is 5. The first-order valence-corrected chi connectivity index (χ1v) is 8.07. The monoisotopic (exact) mass is 357 g/mol. The van der Waals surface area contributed by atoms with Crippen molar-refractivity contribution in [1.82, 2.24) is 9.97 Å². The summed E-state index contributed by atoms with van der Waals surface area (Å²) >= 11 is 0. The molecule has 1 amide bonds. The molecular formula is C19H17F2N3O2. The third-order valence-corrected chi connectivity index (χ3v) is 3.64. The van der Waals surface area contributed by atoms with Crippen LogP contribution in [0.4, 0.5) is 14.5 Å². The highest BCUT2D eigenvalue weighted by Crippen LogP contribution is 2.30. The lowest BCUT2D eigenvalue weighted by Crippen LogP contribution is -2.17. The maximum Gasteiger partial charge on any atom is 0.297 e. The smallest absolute Gasteiger partial charge is 0.297 e. The van der Waals surface area contributed by atoms with Crippen molar-refractivity contribution in [2.75, 3.05) is 5.32 Å². The summed E-state index contributed by atoms with van der Waals surface area (Å²) in [5.74, 6) is -0.339. The summed E-state index contributed by atoms with van der Waals surface area (Å²) in [6.45, 7) is 3.60. The van der Waals surface area contributed by atoms with Crippen molar-refractivity contribution in [3.63, 3.8) is 0 Å². The molecular weight excluding hydrogens is 340 g/mol. The van der Waals surface area contributed by atoms with Crippen LogP contribution in [-0.2, 0) is 4.79 Å². The van der Waals surface area contributed by atoms with E-state index >= 15 is 0 Å². The van der Waals surface area contributed by atoms with Crippen LogP contribution in [0.2, 0.25) is 0 Å². The Labute approximate surface area is 149 Å². The molecule has 0 spiro atoms. The first-order chi connectivity index (χ1) is 12.4. The number of nitrogens with one attached hydrogen (secondary N) is 1. The average molecular weight is 357 g/mol. The molecule has 0 aliphatic rings. The van der Waals surface area contributed by atoms with Gasteiger partial charge in [-0.25, -0.2) is 13.8 Å². The Morgan fingerprint density at radius 3 is 2.38 bits per heavy atom. The summed E-state index contributed by atoms with van der Waals surface area (Å²) in [6.07, 6.45) is -2.80. The fraction of sp³-hybridized carbons (Fsp3) is 0.211. The van der Waals surface area contributed by atoms with Crippen LogP contribution in [0.3, 0.4) is 0 Å². The van der Waals surface area contributed by atoms with Crippen LogP contribution in [0.15, 0.2) is 48.5 Å². The molecule has 5 nitrogen and oxygen atoms in total. The summed E-state index contributed by atoms with van der Waals surface area (Å²) in [5.41, 5.74) is 1.01. The van der Waals surface area contributed by atoms with Crippen molar-refractivity contribution in [2.24, 2.45) is 5.92 Å². The number of fused-ring (bicyclic) bond motifs is 1. The van der Waals surface area contributed by atoms with Crippen LogP contribution in [0.25, 0.3) is 10.9 Å². The molecule has 1 N–H and O–H groups in total. The third-order valence-electron chi connectivity index (χ3n) is 3.64. The largest absolute Gasteiger partial charge is 0.438 e. The fourth-order valence-corrected chi connectivity index (χ4v) is 2.24. The SMILES string of the molecule is CC(C)C(=O)Nc1ccc(Oc2nc(C(F)F)nc3ccccc23)cc1. The maximum atomic E-state index is 13.0. The molecule has 0 aliphatic carbocycles. The van der Waals surface area contributed by atoms with Gasteiger partial charge in [-0.05, 0) is 36.4 Å². The molecule has 0 saturated heterocycles. The van der Waals surface area contributed by atoms with Crippen molar-refractivity contribution in [2.45, 2.75) is 20.3 Å². The van der Waals surface area contributed by atoms with Crippen LogP contribution in [-0.4, -0.2) is 15.9 Å². The number of hydrogen-bond acceptors (Lipinski definition) is 4. The van der Waals surface area contributed by atoms with E-state index in [4.69, 9.17) is 4.74 Å². The normalized spacial score (nSPS) is 11.2. The van der Waals surface area contributed by atoms with E-state index in [0.717, 1.165) is 0 Å². The molecule has 26 heavy (non-hydrogen) atoms. The van der Waals surface area contributed by atoms with E-state index in [1.54, 1.807) is 62.4 Å². The van der Waals surface area contributed by atoms with Crippen molar-refractivity contribution < 1.29 is 18.3 Å². The van der Waals surface area contributed by atoms with E-state index in [9.17, 15) is 13.6 Å². The number of amides is 1. The molecule has 1 heterocycles. The molecule has 2 aromatic carbocycles. The van der Waals surface area contributed by atoms with Crippen LogP contribution in [0, 0.1) is 5.92 Å². The summed E-state index contributed by atoms with van der Waals surface area (Å²) in [7, 11) is 0. The van der Waals surface area contributed by atoms with Gasteiger partial charge in [0.2, 0.25) is 11.8 Å². The Balaban J connectivity index is 1.87. The van der Waals surface area contributed by atoms with Crippen molar-refractivity contribution in [3.8, 4) is 11.6 Å². The van der Waals surface area contributed by atoms with Gasteiger partial charge in [0.15, 0.2) is 5.82 Å². The molecule has 134 valence electrons. The number of carbonyl (C=O) groups excluding carboxylic acids is 1. The number of anilines is 1. The number of nitrogens with zero attached hydrogens (tertiary/aromatic N) is 2. The van der Waals surface area contributed by atoms with Gasteiger partial charge >= 0.3 is 0 Å². The Morgan fingerprint density at radius 2 is 1.73 bits per heavy atom. The highest BCUT2D eigenvalue weighted by molar-refractivity contribution is 5.92. The van der Waals surface area contributed by atoms with Gasteiger partial charge in [-0.3, -0.25) is 4.79 Å². The predicted octanol–water partition coefficient (Wildman–Crippen LogP) is 4.95. The first-order valence-electron chi connectivity index (χ1n) is 8.07.